The van der Waals surface area contributed by atoms with E-state index in [0.717, 1.165) is 6.42 Å². The van der Waals surface area contributed by atoms with Crippen molar-refractivity contribution >= 4 is 17.4 Å². The minimum absolute atomic E-state index is 0.0228. The lowest BCUT2D eigenvalue weighted by molar-refractivity contribution is -0.140. The van der Waals surface area contributed by atoms with Crippen LogP contribution in [-0.2, 0) is 16.1 Å². The number of amides is 1. The molecule has 8 heteroatoms. The lowest BCUT2D eigenvalue weighted by Crippen LogP contribution is -2.29. The summed E-state index contributed by atoms with van der Waals surface area (Å²) >= 11 is 0. The predicted octanol–water partition coefficient (Wildman–Crippen LogP) is 5.10. The first-order chi connectivity index (χ1) is 17.5. The Bertz CT molecular complexity index is 1260. The van der Waals surface area contributed by atoms with Crippen LogP contribution in [0, 0.1) is 0 Å². The van der Waals surface area contributed by atoms with Gasteiger partial charge in [-0.3, -0.25) is 9.59 Å². The third-order valence-corrected chi connectivity index (χ3v) is 5.83. The quantitative estimate of drug-likeness (QED) is 0.239. The van der Waals surface area contributed by atoms with Crippen molar-refractivity contribution in [2.75, 3.05) is 20.3 Å². The monoisotopic (exact) mass is 491 g/mol. The number of methoxy groups -OCH3 is 1. The van der Waals surface area contributed by atoms with Crippen molar-refractivity contribution in [3.8, 4) is 17.2 Å². The summed E-state index contributed by atoms with van der Waals surface area (Å²) in [6.07, 6.45) is 2.33. The van der Waals surface area contributed by atoms with Gasteiger partial charge < -0.3 is 28.6 Å². The lowest BCUT2D eigenvalue weighted by atomic mass is 9.95. The number of hydrogen-bond donors (Lipinski definition) is 1. The predicted molar refractivity (Wildman–Crippen MR) is 133 cm³/mol. The first-order valence-electron chi connectivity index (χ1n) is 11.8. The molecule has 1 aliphatic rings. The fourth-order valence-corrected chi connectivity index (χ4v) is 4.20. The second-order valence-electron chi connectivity index (χ2n) is 8.23. The molecular weight excluding hydrogens is 462 g/mol. The van der Waals surface area contributed by atoms with Gasteiger partial charge in [0.05, 0.1) is 44.7 Å². The molecule has 0 aliphatic carbocycles. The maximum Gasteiger partial charge on any atom is 0.296 e. The molecule has 1 aromatic heterocycles. The average molecular weight is 492 g/mol. The number of ketones is 1. The molecule has 1 N–H and O–H groups in total. The van der Waals surface area contributed by atoms with E-state index in [1.54, 1.807) is 54.6 Å². The molecule has 1 atom stereocenters. The first-order valence-corrected chi connectivity index (χ1v) is 11.8. The van der Waals surface area contributed by atoms with Gasteiger partial charge in [-0.25, -0.2) is 0 Å². The van der Waals surface area contributed by atoms with Crippen LogP contribution < -0.4 is 14.2 Å². The molecule has 8 nitrogen and oxygen atoms in total. The third-order valence-electron chi connectivity index (χ3n) is 5.83. The van der Waals surface area contributed by atoms with Crippen molar-refractivity contribution in [3.63, 3.8) is 0 Å². The van der Waals surface area contributed by atoms with Crippen molar-refractivity contribution in [2.24, 2.45) is 0 Å². The van der Waals surface area contributed by atoms with E-state index in [9.17, 15) is 14.7 Å². The number of hydrogen-bond acceptors (Lipinski definition) is 7. The summed E-state index contributed by atoms with van der Waals surface area (Å²) in [5.41, 5.74) is 0.939. The summed E-state index contributed by atoms with van der Waals surface area (Å²) in [7, 11) is 1.52. The van der Waals surface area contributed by atoms with E-state index in [4.69, 9.17) is 18.6 Å². The van der Waals surface area contributed by atoms with Crippen LogP contribution in [0.1, 0.15) is 43.2 Å². The van der Waals surface area contributed by atoms with Gasteiger partial charge >= 0.3 is 0 Å². The van der Waals surface area contributed by atoms with Gasteiger partial charge in [-0.05, 0) is 55.3 Å². The molecule has 188 valence electrons. The molecule has 0 saturated carbocycles. The molecule has 1 fully saturated rings. The number of nitrogens with zero attached hydrogens (tertiary/aromatic N) is 1. The van der Waals surface area contributed by atoms with Crippen LogP contribution in [0.2, 0.25) is 0 Å². The number of aliphatic hydroxyl groups excluding tert-OH is 1. The topological polar surface area (TPSA) is 98.4 Å². The van der Waals surface area contributed by atoms with Crippen LogP contribution in [0.15, 0.2) is 70.9 Å². The van der Waals surface area contributed by atoms with Crippen LogP contribution in [0.3, 0.4) is 0 Å². The Hall–Kier alpha value is -4.20. The molecule has 1 amide bonds. The third kappa shape index (κ3) is 4.93. The summed E-state index contributed by atoms with van der Waals surface area (Å²) < 4.78 is 22.3. The normalized spacial score (nSPS) is 16.9. The highest BCUT2D eigenvalue weighted by Gasteiger charge is 2.46. The van der Waals surface area contributed by atoms with E-state index in [-0.39, 0.29) is 17.9 Å². The summed E-state index contributed by atoms with van der Waals surface area (Å²) in [6, 6.07) is 14.6. The van der Waals surface area contributed by atoms with Gasteiger partial charge in [0, 0.05) is 5.56 Å². The van der Waals surface area contributed by atoms with Gasteiger partial charge in [0.2, 0.25) is 0 Å². The van der Waals surface area contributed by atoms with Crippen LogP contribution in [0.25, 0.3) is 5.76 Å². The summed E-state index contributed by atoms with van der Waals surface area (Å²) in [4.78, 5) is 27.9. The van der Waals surface area contributed by atoms with Crippen LogP contribution in [0.5, 0.6) is 17.2 Å². The number of likely N-dealkylation sites (tertiary alicyclic amines) is 1. The Morgan fingerprint density at radius 2 is 1.86 bits per heavy atom. The smallest absolute Gasteiger partial charge is 0.296 e. The van der Waals surface area contributed by atoms with E-state index < -0.39 is 17.7 Å². The number of Topliss-reactive ketones (excluding diaryl/α,β-unsaturated/α-hetero) is 1. The van der Waals surface area contributed by atoms with Crippen LogP contribution in [-0.4, -0.2) is 42.0 Å². The maximum absolute atomic E-state index is 13.3. The molecule has 1 unspecified atom stereocenters. The van der Waals surface area contributed by atoms with Gasteiger partial charge in [-0.1, -0.05) is 25.1 Å². The SMILES string of the molecule is CCCOc1cccc(/C(O)=C2\C(=O)C(=O)N(Cc3ccco3)C2c2ccc(OCC)c(OC)c2)c1. The highest BCUT2D eigenvalue weighted by Crippen LogP contribution is 2.43. The molecule has 1 saturated heterocycles. The van der Waals surface area contributed by atoms with Gasteiger partial charge in [0.15, 0.2) is 11.5 Å². The van der Waals surface area contributed by atoms with Crippen molar-refractivity contribution in [3.05, 3.63) is 83.3 Å². The van der Waals surface area contributed by atoms with Crippen molar-refractivity contribution in [1.29, 1.82) is 0 Å². The highest BCUT2D eigenvalue weighted by molar-refractivity contribution is 6.46. The zero-order valence-electron chi connectivity index (χ0n) is 20.5. The summed E-state index contributed by atoms with van der Waals surface area (Å²) in [5, 5.41) is 11.3. The van der Waals surface area contributed by atoms with Crippen molar-refractivity contribution in [1.82, 2.24) is 4.90 Å². The second kappa shape index (κ2) is 11.0. The number of aliphatic hydroxyl groups is 1. The van der Waals surface area contributed by atoms with Crippen LogP contribution in [0.4, 0.5) is 0 Å². The van der Waals surface area contributed by atoms with E-state index in [2.05, 4.69) is 0 Å². The molecule has 0 radical (unpaired) electrons. The Kier molecular flexibility index (Phi) is 7.63. The van der Waals surface area contributed by atoms with Gasteiger partial charge in [0.1, 0.15) is 17.3 Å². The molecule has 3 aromatic rings. The molecule has 0 bridgehead atoms. The Balaban J connectivity index is 1.85. The second-order valence-corrected chi connectivity index (χ2v) is 8.23. The molecule has 2 aromatic carbocycles. The largest absolute Gasteiger partial charge is 0.507 e. The molecule has 36 heavy (non-hydrogen) atoms. The molecule has 4 rings (SSSR count). The van der Waals surface area contributed by atoms with E-state index in [1.165, 1.54) is 18.3 Å². The van der Waals surface area contributed by atoms with E-state index in [1.807, 2.05) is 13.8 Å². The zero-order valence-corrected chi connectivity index (χ0v) is 20.5. The van der Waals surface area contributed by atoms with E-state index >= 15 is 0 Å². The minimum Gasteiger partial charge on any atom is -0.507 e. The van der Waals surface area contributed by atoms with Gasteiger partial charge in [0.25, 0.3) is 11.7 Å². The molecule has 2 heterocycles. The summed E-state index contributed by atoms with van der Waals surface area (Å²) in [6.45, 7) is 4.88. The van der Waals surface area contributed by atoms with Crippen LogP contribution >= 0.6 is 0 Å². The Morgan fingerprint density at radius 3 is 2.56 bits per heavy atom. The fourth-order valence-electron chi connectivity index (χ4n) is 4.20. The zero-order chi connectivity index (χ0) is 25.7. The highest BCUT2D eigenvalue weighted by atomic mass is 16.5. The standard InChI is InChI=1S/C28H29NO7/c1-4-13-35-20-9-6-8-19(15-20)26(30)24-25(18-11-12-22(34-5-2)23(16-18)33-3)29(28(32)27(24)31)17-21-10-7-14-36-21/h6-12,14-16,25,30H,4-5,13,17H2,1-3H3/b26-24+. The van der Waals surface area contributed by atoms with Crippen molar-refractivity contribution < 1.29 is 33.3 Å². The summed E-state index contributed by atoms with van der Waals surface area (Å²) in [5.74, 6) is 0.260. The minimum atomic E-state index is -0.875. The number of carbonyl (C=O) groups excluding carboxylic acids is 2. The van der Waals surface area contributed by atoms with Gasteiger partial charge in [-0.2, -0.15) is 0 Å². The molecular formula is C28H29NO7. The fraction of sp³-hybridized carbons (Fsp3) is 0.286. The molecule has 0 spiro atoms. The number of ether oxygens (including phenoxy) is 3. The Morgan fingerprint density at radius 1 is 1.03 bits per heavy atom. The lowest BCUT2D eigenvalue weighted by Gasteiger charge is -2.25. The average Bonchev–Trinajstić information content (AvgIpc) is 3.50. The number of benzene rings is 2. The van der Waals surface area contributed by atoms with E-state index in [0.29, 0.717) is 47.3 Å². The van der Waals surface area contributed by atoms with Gasteiger partial charge in [-0.15, -0.1) is 0 Å². The first kappa shape index (κ1) is 24.9. The number of furan rings is 1. The maximum atomic E-state index is 13.3. The number of rotatable bonds is 10. The molecule has 1 aliphatic heterocycles. The Labute approximate surface area is 209 Å². The number of carbonyl (C=O) groups is 2. The van der Waals surface area contributed by atoms with Crippen molar-refractivity contribution in [2.45, 2.75) is 32.9 Å².